The van der Waals surface area contributed by atoms with Gasteiger partial charge in [-0.3, -0.25) is 19.6 Å². The normalized spacial score (nSPS) is 18.9. The standard InChI is InChI=1S/C44H59FN2O6Si.C39H49FN2O6S/c1-28(2)40-36(21-20-33-25-34(52-44(6,7)51-33)26-38(48)53-43(3,4)5)39(31-16-18-32(45)19-17-31)35-13-11-12-30-15-14-29(24-37(30)41(35)47-40)27-46-42(49)50-22-23-54(8,9)10;1-24(2)36-32(19-18-29-21-30(47-39(6,7)46-29)22-34(43)48-38(3,4)5)35(27-14-16-28(40)17-15-27)31-11-9-10-26-13-12-25(23-41-49(8,44)45)20-33(26)37(31)42-36/h14-21,24,28,33-34H,11-13,22-23,25-27H2,1-10H3,(H,46,49);12-20,24,29-30,41H,9-11,21-23H2,1-8H3/b21-20+;19-18+/t33-,34-;29-,30-/m11/s1. The lowest BCUT2D eigenvalue weighted by Crippen LogP contribution is -2.45. The molecule has 2 aromatic heterocycles. The Morgan fingerprint density at radius 2 is 1.02 bits per heavy atom. The van der Waals surface area contributed by atoms with Crippen LogP contribution in [0.15, 0.2) is 97.1 Å². The molecule has 4 aromatic carbocycles. The van der Waals surface area contributed by atoms with Crippen molar-refractivity contribution in [1.29, 1.82) is 0 Å². The third-order valence-electron chi connectivity index (χ3n) is 18.1. The lowest BCUT2D eigenvalue weighted by molar-refractivity contribution is -0.291. The molecule has 16 nitrogen and oxygen atoms in total. The monoisotopic (exact) mass is 1450 g/mol. The van der Waals surface area contributed by atoms with E-state index in [1.54, 1.807) is 0 Å². The first kappa shape index (κ1) is 79.8. The van der Waals surface area contributed by atoms with Gasteiger partial charge in [0.25, 0.3) is 0 Å². The van der Waals surface area contributed by atoms with E-state index >= 15 is 0 Å². The topological polar surface area (TPSA) is 200 Å². The number of benzene rings is 4. The van der Waals surface area contributed by atoms with Gasteiger partial charge in [-0.2, -0.15) is 0 Å². The molecule has 0 saturated carbocycles. The molecule has 20 heteroatoms. The molecule has 4 heterocycles. The predicted octanol–water partition coefficient (Wildman–Crippen LogP) is 18.3. The first-order chi connectivity index (χ1) is 48.1. The molecule has 0 spiro atoms. The van der Waals surface area contributed by atoms with Crippen molar-refractivity contribution in [2.45, 2.75) is 259 Å². The van der Waals surface area contributed by atoms with Crippen molar-refractivity contribution in [3.05, 3.63) is 165 Å². The van der Waals surface area contributed by atoms with Gasteiger partial charge in [-0.15, -0.1) is 0 Å². The van der Waals surface area contributed by atoms with Crippen LogP contribution >= 0.6 is 0 Å². The van der Waals surface area contributed by atoms with E-state index in [0.29, 0.717) is 26.0 Å². The van der Waals surface area contributed by atoms with E-state index in [1.807, 2.05) is 118 Å². The minimum Gasteiger partial charge on any atom is -0.460 e. The number of fused-ring (bicyclic) bond motifs is 6. The Morgan fingerprint density at radius 3 is 1.40 bits per heavy atom. The highest BCUT2D eigenvalue weighted by Gasteiger charge is 2.39. The number of rotatable bonds is 20. The van der Waals surface area contributed by atoms with Gasteiger partial charge in [0.15, 0.2) is 11.6 Å². The van der Waals surface area contributed by atoms with Gasteiger partial charge in [0, 0.05) is 56.3 Å². The molecule has 103 heavy (non-hydrogen) atoms. The number of amides is 1. The summed E-state index contributed by atoms with van der Waals surface area (Å²) < 4.78 is 96.6. The first-order valence-electron chi connectivity index (χ1n) is 36.4. The summed E-state index contributed by atoms with van der Waals surface area (Å²) in [6.45, 7) is 34.7. The van der Waals surface area contributed by atoms with Gasteiger partial charge in [0.1, 0.15) is 22.8 Å². The van der Waals surface area contributed by atoms with Crippen molar-refractivity contribution >= 4 is 48.3 Å². The molecule has 0 bridgehead atoms. The van der Waals surface area contributed by atoms with Crippen molar-refractivity contribution in [3.63, 3.8) is 0 Å². The summed E-state index contributed by atoms with van der Waals surface area (Å²) in [7, 11) is -4.68. The number of sulfonamides is 1. The molecule has 10 rings (SSSR count). The van der Waals surface area contributed by atoms with Crippen LogP contribution in [0.25, 0.3) is 56.9 Å². The van der Waals surface area contributed by atoms with E-state index in [-0.39, 0.29) is 79.2 Å². The third kappa shape index (κ3) is 22.9. The quantitative estimate of drug-likeness (QED) is 0.0415. The van der Waals surface area contributed by atoms with Crippen LogP contribution < -0.4 is 10.0 Å². The number of ether oxygens (including phenoxy) is 7. The molecule has 2 fully saturated rings. The maximum Gasteiger partial charge on any atom is 0.407 e. The van der Waals surface area contributed by atoms with Crippen molar-refractivity contribution in [2.24, 2.45) is 0 Å². The number of halogens is 2. The van der Waals surface area contributed by atoms with Crippen LogP contribution in [0.1, 0.15) is 203 Å². The summed E-state index contributed by atoms with van der Waals surface area (Å²) >= 11 is 0. The molecule has 4 aliphatic rings. The number of aryl methyl sites for hydroxylation is 2. The van der Waals surface area contributed by atoms with Crippen LogP contribution in [0, 0.1) is 11.6 Å². The Morgan fingerprint density at radius 1 is 0.612 bits per heavy atom. The van der Waals surface area contributed by atoms with Crippen molar-refractivity contribution in [1.82, 2.24) is 20.0 Å². The van der Waals surface area contributed by atoms with Crippen LogP contribution in [0.2, 0.25) is 25.7 Å². The number of pyridine rings is 2. The van der Waals surface area contributed by atoms with E-state index in [2.05, 4.69) is 93.8 Å². The molecular formula is C83H108F2N4O12SSi. The Hall–Kier alpha value is -7.30. The molecule has 2 aliphatic heterocycles. The first-order valence-corrected chi connectivity index (χ1v) is 42.0. The van der Waals surface area contributed by atoms with Crippen LogP contribution in [-0.2, 0) is 91.5 Å². The van der Waals surface area contributed by atoms with Crippen molar-refractivity contribution in [2.75, 3.05) is 12.9 Å². The van der Waals surface area contributed by atoms with E-state index in [4.69, 9.17) is 43.1 Å². The fourth-order valence-corrected chi connectivity index (χ4v) is 15.0. The Labute approximate surface area is 610 Å². The highest BCUT2D eigenvalue weighted by molar-refractivity contribution is 7.88. The average Bonchev–Trinajstić information content (AvgIpc) is 1.75. The maximum absolute atomic E-state index is 14.4. The summed E-state index contributed by atoms with van der Waals surface area (Å²) in [4.78, 5) is 48.8. The number of carbonyl (C=O) groups excluding carboxylic acids is 3. The molecule has 556 valence electrons. The molecule has 1 amide bonds. The molecule has 2 N–H and O–H groups in total. The molecule has 0 unspecified atom stereocenters. The third-order valence-corrected chi connectivity index (χ3v) is 20.5. The van der Waals surface area contributed by atoms with Crippen LogP contribution in [-0.4, -0.2) is 105 Å². The van der Waals surface area contributed by atoms with Gasteiger partial charge in [-0.1, -0.05) is 120 Å². The van der Waals surface area contributed by atoms with Gasteiger partial charge in [-0.25, -0.2) is 26.7 Å². The summed E-state index contributed by atoms with van der Waals surface area (Å²) in [5.74, 6) is -2.96. The zero-order valence-electron chi connectivity index (χ0n) is 63.7. The van der Waals surface area contributed by atoms with Gasteiger partial charge >= 0.3 is 18.0 Å². The highest BCUT2D eigenvalue weighted by Crippen LogP contribution is 2.46. The van der Waals surface area contributed by atoms with Gasteiger partial charge in [0.05, 0.1) is 72.9 Å². The largest absolute Gasteiger partial charge is 0.460 e. The van der Waals surface area contributed by atoms with Crippen molar-refractivity contribution in [3.8, 4) is 44.8 Å². The lowest BCUT2D eigenvalue weighted by Gasteiger charge is -2.40. The molecule has 2 saturated heterocycles. The maximum atomic E-state index is 14.4. The van der Waals surface area contributed by atoms with Gasteiger partial charge < -0.3 is 38.5 Å². The molecule has 6 aromatic rings. The van der Waals surface area contributed by atoms with Gasteiger partial charge in [-0.05, 0) is 218 Å². The lowest BCUT2D eigenvalue weighted by atomic mass is 9.86. The fourth-order valence-electron chi connectivity index (χ4n) is 13.8. The summed E-state index contributed by atoms with van der Waals surface area (Å²) in [6, 6.07) is 26.7. The smallest absolute Gasteiger partial charge is 0.407 e. The number of carbonyl (C=O) groups is 3. The summed E-state index contributed by atoms with van der Waals surface area (Å²) in [5, 5.41) is 2.93. The van der Waals surface area contributed by atoms with E-state index in [0.717, 1.165) is 146 Å². The Balaban J connectivity index is 0.000000240. The molecule has 2 aliphatic carbocycles. The molecule has 0 radical (unpaired) electrons. The summed E-state index contributed by atoms with van der Waals surface area (Å²) in [5.41, 5.74) is 16.5. The minimum atomic E-state index is -3.37. The Kier molecular flexibility index (Phi) is 25.6. The molecular weight excluding hydrogens is 1340 g/mol. The highest BCUT2D eigenvalue weighted by atomic mass is 32.2. The second-order valence-electron chi connectivity index (χ2n) is 32.5. The number of hydrogen-bond acceptors (Lipinski definition) is 14. The van der Waals surface area contributed by atoms with Crippen LogP contribution in [0.5, 0.6) is 0 Å². The zero-order valence-corrected chi connectivity index (χ0v) is 65.5. The number of aromatic nitrogens is 2. The number of hydrogen-bond donors (Lipinski definition) is 2. The van der Waals surface area contributed by atoms with E-state index < -0.39 is 47.0 Å². The second kappa shape index (κ2) is 33.0. The number of esters is 2. The Bertz CT molecular complexity index is 4210. The minimum absolute atomic E-state index is 0.0397. The van der Waals surface area contributed by atoms with Crippen LogP contribution in [0.3, 0.4) is 0 Å². The van der Waals surface area contributed by atoms with Crippen molar-refractivity contribution < 1.29 is 64.7 Å². The number of nitrogens with zero attached hydrogens (tertiary/aromatic N) is 2. The second-order valence-corrected chi connectivity index (χ2v) is 39.9. The van der Waals surface area contributed by atoms with Crippen LogP contribution in [0.4, 0.5) is 13.6 Å². The molecule has 4 atom stereocenters. The predicted molar refractivity (Wildman–Crippen MR) is 406 cm³/mol. The number of alkyl carbamates (subject to hydrolysis) is 1. The SMILES string of the molecule is CC(C)c1nc2c(c(-c3ccc(F)cc3)c1/C=C/[C@@H]1C[C@H](CC(=O)OC(C)(C)C)OC(C)(C)O1)CCCc1ccc(CNC(=O)OCC[Si](C)(C)C)cc1-2.CC(C)c1nc2c(c(-c3ccc(F)cc3)c1/C=C/[C@@H]1C[C@H](CC(=O)OC(C)(C)C)OC(C)(C)O1)CCCc1ccc(CNS(C)(=O)=O)cc1-2. The fraction of sp³-hybridized carbons (Fsp3) is 0.506. The summed E-state index contributed by atoms with van der Waals surface area (Å²) in [6.07, 6.45) is 13.8. The number of nitrogens with one attached hydrogen (secondary N) is 2. The van der Waals surface area contributed by atoms with E-state index in [1.165, 1.54) is 29.8 Å². The average molecular weight is 1450 g/mol. The van der Waals surface area contributed by atoms with E-state index in [9.17, 15) is 31.6 Å². The zero-order chi connectivity index (χ0) is 75.1. The van der Waals surface area contributed by atoms with Gasteiger partial charge in [0.2, 0.25) is 10.0 Å².